The quantitative estimate of drug-likeness (QED) is 0.784. The molecule has 0 amide bonds. The molecule has 1 aromatic heterocycles. The molecule has 2 aromatic rings. The average Bonchev–Trinajstić information content (AvgIpc) is 2.89. The number of carbonyl (C=O) groups is 1. The number of ether oxygens (including phenoxy) is 1. The second-order valence-electron chi connectivity index (χ2n) is 4.87. The predicted molar refractivity (Wildman–Crippen MR) is 74.6 cm³/mol. The summed E-state index contributed by atoms with van der Waals surface area (Å²) in [5.74, 6) is 0. The number of aromatic nitrogens is 1. The van der Waals surface area contributed by atoms with E-state index in [1.165, 1.54) is 0 Å². The number of morpholine rings is 1. The number of fused-ring (bicyclic) bond motifs is 1. The molecule has 2 heterocycles. The van der Waals surface area contributed by atoms with Gasteiger partial charge in [0.2, 0.25) is 0 Å². The third kappa shape index (κ3) is 2.55. The van der Waals surface area contributed by atoms with Crippen molar-refractivity contribution in [2.24, 2.45) is 0 Å². The van der Waals surface area contributed by atoms with E-state index in [1.807, 2.05) is 18.2 Å². The number of para-hydroxylation sites is 1. The van der Waals surface area contributed by atoms with Crippen LogP contribution in [0.5, 0.6) is 0 Å². The summed E-state index contributed by atoms with van der Waals surface area (Å²) in [5, 5.41) is 1.13. The highest BCUT2D eigenvalue weighted by Crippen LogP contribution is 2.19. The highest BCUT2D eigenvalue weighted by molar-refractivity contribution is 5.96. The van der Waals surface area contributed by atoms with Crippen LogP contribution in [0.15, 0.2) is 30.5 Å². The van der Waals surface area contributed by atoms with Crippen LogP contribution in [0.25, 0.3) is 10.9 Å². The van der Waals surface area contributed by atoms with Crippen molar-refractivity contribution in [2.45, 2.75) is 6.54 Å². The first-order valence-corrected chi connectivity index (χ1v) is 6.71. The Balaban J connectivity index is 1.78. The van der Waals surface area contributed by atoms with Crippen molar-refractivity contribution in [3.8, 4) is 0 Å². The fourth-order valence-electron chi connectivity index (χ4n) is 2.65. The molecule has 0 N–H and O–H groups in total. The minimum Gasteiger partial charge on any atom is -0.379 e. The summed E-state index contributed by atoms with van der Waals surface area (Å²) in [5.41, 5.74) is 1.82. The summed E-state index contributed by atoms with van der Waals surface area (Å²) in [6.45, 7) is 5.56. The Hall–Kier alpha value is -1.65. The summed E-state index contributed by atoms with van der Waals surface area (Å²) >= 11 is 0. The number of carbonyl (C=O) groups excluding carboxylic acids is 1. The van der Waals surface area contributed by atoms with E-state index in [1.54, 1.807) is 0 Å². The van der Waals surface area contributed by atoms with Crippen LogP contribution in [0.1, 0.15) is 10.4 Å². The lowest BCUT2D eigenvalue weighted by molar-refractivity contribution is 0.0365. The molecule has 1 aliphatic heterocycles. The Kier molecular flexibility index (Phi) is 3.62. The number of rotatable bonds is 4. The van der Waals surface area contributed by atoms with Crippen LogP contribution in [0.4, 0.5) is 0 Å². The third-order valence-corrected chi connectivity index (χ3v) is 3.71. The summed E-state index contributed by atoms with van der Waals surface area (Å²) in [6.07, 6.45) is 3.01. The van der Waals surface area contributed by atoms with E-state index < -0.39 is 0 Å². The van der Waals surface area contributed by atoms with Gasteiger partial charge >= 0.3 is 0 Å². The molecule has 0 saturated carbocycles. The van der Waals surface area contributed by atoms with Crippen LogP contribution >= 0.6 is 0 Å². The first kappa shape index (κ1) is 12.4. The molecule has 19 heavy (non-hydrogen) atoms. The summed E-state index contributed by atoms with van der Waals surface area (Å²) in [6, 6.07) is 7.92. The molecule has 0 unspecified atom stereocenters. The second kappa shape index (κ2) is 5.55. The highest BCUT2D eigenvalue weighted by atomic mass is 16.5. The fraction of sp³-hybridized carbons (Fsp3) is 0.400. The summed E-state index contributed by atoms with van der Waals surface area (Å²) < 4.78 is 7.52. The Bertz CT molecular complexity index is 571. The predicted octanol–water partition coefficient (Wildman–Crippen LogP) is 1.79. The molecule has 0 spiro atoms. The molecule has 1 aromatic carbocycles. The Morgan fingerprint density at radius 2 is 2.00 bits per heavy atom. The van der Waals surface area contributed by atoms with Gasteiger partial charge in [-0.25, -0.2) is 0 Å². The number of hydrogen-bond acceptors (Lipinski definition) is 3. The van der Waals surface area contributed by atoms with Crippen LogP contribution in [0, 0.1) is 0 Å². The molecule has 0 bridgehead atoms. The average molecular weight is 258 g/mol. The molecular weight excluding hydrogens is 240 g/mol. The maximum atomic E-state index is 11.1. The Labute approximate surface area is 112 Å². The lowest BCUT2D eigenvalue weighted by Crippen LogP contribution is -2.38. The van der Waals surface area contributed by atoms with Crippen molar-refractivity contribution >= 4 is 17.2 Å². The van der Waals surface area contributed by atoms with E-state index in [0.717, 1.165) is 62.1 Å². The molecule has 0 aliphatic carbocycles. The monoisotopic (exact) mass is 258 g/mol. The van der Waals surface area contributed by atoms with Gasteiger partial charge < -0.3 is 9.30 Å². The van der Waals surface area contributed by atoms with Crippen LogP contribution < -0.4 is 0 Å². The third-order valence-electron chi connectivity index (χ3n) is 3.71. The maximum absolute atomic E-state index is 11.1. The Morgan fingerprint density at radius 3 is 2.79 bits per heavy atom. The topological polar surface area (TPSA) is 34.5 Å². The zero-order valence-electron chi connectivity index (χ0n) is 10.9. The molecule has 4 heteroatoms. The summed E-state index contributed by atoms with van der Waals surface area (Å²) in [7, 11) is 0. The maximum Gasteiger partial charge on any atom is 0.152 e. The van der Waals surface area contributed by atoms with Gasteiger partial charge in [-0.3, -0.25) is 9.69 Å². The van der Waals surface area contributed by atoms with Gasteiger partial charge in [0.25, 0.3) is 0 Å². The largest absolute Gasteiger partial charge is 0.379 e. The van der Waals surface area contributed by atoms with Gasteiger partial charge in [0.05, 0.1) is 18.7 Å². The van der Waals surface area contributed by atoms with Crippen LogP contribution in [0.3, 0.4) is 0 Å². The Morgan fingerprint density at radius 1 is 1.16 bits per heavy atom. The first-order valence-electron chi connectivity index (χ1n) is 6.71. The molecule has 0 radical (unpaired) electrons. The molecule has 4 nitrogen and oxygen atoms in total. The van der Waals surface area contributed by atoms with Crippen molar-refractivity contribution in [3.05, 3.63) is 36.0 Å². The van der Waals surface area contributed by atoms with Gasteiger partial charge in [-0.15, -0.1) is 0 Å². The zero-order valence-corrected chi connectivity index (χ0v) is 10.9. The molecule has 1 saturated heterocycles. The van der Waals surface area contributed by atoms with E-state index >= 15 is 0 Å². The van der Waals surface area contributed by atoms with Gasteiger partial charge in [0, 0.05) is 43.3 Å². The molecular formula is C15H18N2O2. The normalized spacial score (nSPS) is 16.8. The number of aldehydes is 1. The number of hydrogen-bond donors (Lipinski definition) is 0. The van der Waals surface area contributed by atoms with Gasteiger partial charge in [0.15, 0.2) is 6.29 Å². The van der Waals surface area contributed by atoms with Crippen molar-refractivity contribution in [3.63, 3.8) is 0 Å². The van der Waals surface area contributed by atoms with Gasteiger partial charge in [0.1, 0.15) is 0 Å². The minimum absolute atomic E-state index is 0.768. The van der Waals surface area contributed by atoms with E-state index in [4.69, 9.17) is 4.74 Å². The smallest absolute Gasteiger partial charge is 0.152 e. The number of nitrogens with zero attached hydrogens (tertiary/aromatic N) is 2. The first-order chi connectivity index (χ1) is 9.38. The highest BCUT2D eigenvalue weighted by Gasteiger charge is 2.11. The van der Waals surface area contributed by atoms with E-state index in [2.05, 4.69) is 21.7 Å². The van der Waals surface area contributed by atoms with Crippen LogP contribution in [-0.4, -0.2) is 48.6 Å². The van der Waals surface area contributed by atoms with Gasteiger partial charge in [-0.05, 0) is 12.1 Å². The fourth-order valence-corrected chi connectivity index (χ4v) is 2.65. The van der Waals surface area contributed by atoms with E-state index in [0.29, 0.717) is 0 Å². The van der Waals surface area contributed by atoms with Gasteiger partial charge in [-0.2, -0.15) is 0 Å². The zero-order chi connectivity index (χ0) is 13.1. The molecule has 100 valence electrons. The van der Waals surface area contributed by atoms with Crippen LogP contribution in [0.2, 0.25) is 0 Å². The standard InChI is InChI=1S/C15H18N2O2/c18-12-14-3-1-2-13-4-5-17(15(13)14)7-6-16-8-10-19-11-9-16/h1-5,12H,6-11H2. The number of benzene rings is 1. The second-order valence-corrected chi connectivity index (χ2v) is 4.87. The lowest BCUT2D eigenvalue weighted by Gasteiger charge is -2.26. The van der Waals surface area contributed by atoms with Crippen molar-refractivity contribution in [2.75, 3.05) is 32.8 Å². The molecule has 1 fully saturated rings. The van der Waals surface area contributed by atoms with E-state index in [9.17, 15) is 4.79 Å². The van der Waals surface area contributed by atoms with Crippen LogP contribution in [-0.2, 0) is 11.3 Å². The SMILES string of the molecule is O=Cc1cccc2ccn(CCN3CCOCC3)c12. The van der Waals surface area contributed by atoms with Gasteiger partial charge in [-0.1, -0.05) is 12.1 Å². The molecule has 1 aliphatic rings. The van der Waals surface area contributed by atoms with Crippen molar-refractivity contribution < 1.29 is 9.53 Å². The minimum atomic E-state index is 0.768. The van der Waals surface area contributed by atoms with E-state index in [-0.39, 0.29) is 0 Å². The summed E-state index contributed by atoms with van der Waals surface area (Å²) in [4.78, 5) is 13.5. The lowest BCUT2D eigenvalue weighted by atomic mass is 10.1. The molecule has 0 atom stereocenters. The molecule has 3 rings (SSSR count). The van der Waals surface area contributed by atoms with Crippen molar-refractivity contribution in [1.82, 2.24) is 9.47 Å². The van der Waals surface area contributed by atoms with Crippen molar-refractivity contribution in [1.29, 1.82) is 0 Å².